The quantitative estimate of drug-likeness (QED) is 0.0620. The maximum atomic E-state index is 12.7. The molecule has 0 aliphatic rings. The fourth-order valence-corrected chi connectivity index (χ4v) is 5.69. The third-order valence-corrected chi connectivity index (χ3v) is 8.11. The molecule has 6 rings (SSSR count). The van der Waals surface area contributed by atoms with Gasteiger partial charge in [0.05, 0.1) is 34.0 Å². The molecule has 6 aromatic rings. The number of aromatic nitrogens is 6. The molecule has 0 amide bonds. The zero-order valence-electron chi connectivity index (χ0n) is 27.1. The molecule has 262 valence electrons. The number of thiophene rings is 1. The molecule has 51 heavy (non-hydrogen) atoms. The molecule has 0 aromatic carbocycles. The fourth-order valence-electron chi connectivity index (χ4n) is 4.74. The van der Waals surface area contributed by atoms with Crippen molar-refractivity contribution in [1.82, 2.24) is 30.1 Å². The molecule has 15 heteroatoms. The average Bonchev–Trinajstić information content (AvgIpc) is 3.83. The van der Waals surface area contributed by atoms with Crippen molar-refractivity contribution in [3.8, 4) is 44.6 Å². The smallest absolute Gasteiger partial charge is 0.753 e. The second kappa shape index (κ2) is 20.1. The molecule has 6 heterocycles. The number of hydrogen-bond acceptors (Lipinski definition) is 8. The molecule has 0 aliphatic carbocycles. The van der Waals surface area contributed by atoms with Crippen LogP contribution in [0.1, 0.15) is 54.2 Å². The van der Waals surface area contributed by atoms with Gasteiger partial charge < -0.3 is 20.7 Å². The van der Waals surface area contributed by atoms with Crippen LogP contribution in [0.3, 0.4) is 0 Å². The van der Waals surface area contributed by atoms with Gasteiger partial charge in [0.25, 0.3) is 0 Å². The normalized spacial score (nSPS) is 10.4. The number of unbranched alkanes of at least 4 members (excludes halogenated alkanes) is 3. The number of hydrogen-bond donors (Lipinski definition) is 1. The molecule has 0 bridgehead atoms. The Kier molecular flexibility index (Phi) is 16.0. The van der Waals surface area contributed by atoms with E-state index in [4.69, 9.17) is 10.5 Å². The summed E-state index contributed by atoms with van der Waals surface area (Å²) in [5.74, 6) is -0.987. The zero-order valence-corrected chi connectivity index (χ0v) is 30.4. The average molecular weight is 815 g/mol. The summed E-state index contributed by atoms with van der Waals surface area (Å²) in [6.45, 7) is 2.19. The van der Waals surface area contributed by atoms with E-state index in [1.165, 1.54) is 48.3 Å². The van der Waals surface area contributed by atoms with Gasteiger partial charge in [-0.3, -0.25) is 15.0 Å². The van der Waals surface area contributed by atoms with Gasteiger partial charge in [0.1, 0.15) is 5.69 Å². The molecule has 0 aliphatic heterocycles. The van der Waals surface area contributed by atoms with Crippen molar-refractivity contribution in [1.29, 1.82) is 0 Å². The summed E-state index contributed by atoms with van der Waals surface area (Å²) in [5.41, 5.74) is 4.56. The minimum Gasteiger partial charge on any atom is -0.753 e. The molecular weight excluding hydrogens is 785 g/mol. The van der Waals surface area contributed by atoms with Gasteiger partial charge in [-0.25, -0.2) is 9.78 Å². The van der Waals surface area contributed by atoms with Gasteiger partial charge in [0.2, 0.25) is 0 Å². The van der Waals surface area contributed by atoms with Crippen LogP contribution >= 0.6 is 23.6 Å². The first-order valence-electron chi connectivity index (χ1n) is 15.3. The first-order chi connectivity index (χ1) is 24.1. The number of isothiocyanates is 1. The number of carbonyl (C=O) groups is 1. The second-order valence-corrected chi connectivity index (χ2v) is 11.7. The Morgan fingerprint density at radius 2 is 1.57 bits per heavy atom. The molecule has 0 saturated heterocycles. The van der Waals surface area contributed by atoms with Crippen LogP contribution in [0.2, 0.25) is 0 Å². The standard InChI is InChI=1S/C19H19F3N3S.C16H11N3O2.CNS.Ru/c1-2-3-4-5-6-13-8-10-26-18(13)14-7-9-23-15(11-14)16-12-17(25-24-16)19(20,21)22;20-16(21)11-7-9-18-15(10-11)14-6-3-5-13(19-14)12-4-1-2-8-17-12;2-1-3;/h7-12H,2-6H2,1H3;1-10H,(H,20,21);;/q-1;;-1;+2. The summed E-state index contributed by atoms with van der Waals surface area (Å²) < 4.78 is 38.2. The predicted octanol–water partition coefficient (Wildman–Crippen LogP) is 9.53. The molecule has 0 fully saturated rings. The van der Waals surface area contributed by atoms with Crippen molar-refractivity contribution >= 4 is 34.7 Å². The SMILES string of the molecule is CCCCCCc1ccsc1-c1ccnc(-c2cc(C(F)(F)F)n[n-]2)c1.O=C(O)c1ccnc(-c2cccc(-c3ccccn3)n2)c1.[N-]=C=S.[Ru+2]. The summed E-state index contributed by atoms with van der Waals surface area (Å²) in [7, 11) is 0. The summed E-state index contributed by atoms with van der Waals surface area (Å²) in [5, 5.41) is 26.4. The summed E-state index contributed by atoms with van der Waals surface area (Å²) in [4.78, 5) is 29.2. The van der Waals surface area contributed by atoms with Crippen molar-refractivity contribution in [2.24, 2.45) is 0 Å². The number of nitrogens with zero attached hydrogens (tertiary/aromatic N) is 7. The van der Waals surface area contributed by atoms with Gasteiger partial charge in [0, 0.05) is 23.5 Å². The summed E-state index contributed by atoms with van der Waals surface area (Å²) >= 11 is 5.34. The van der Waals surface area contributed by atoms with Gasteiger partial charge in [0.15, 0.2) is 0 Å². The largest absolute Gasteiger partial charge is 2.00 e. The number of pyridine rings is 4. The van der Waals surface area contributed by atoms with Crippen molar-refractivity contribution in [3.05, 3.63) is 119 Å². The van der Waals surface area contributed by atoms with Crippen LogP contribution in [0.25, 0.3) is 50.0 Å². The van der Waals surface area contributed by atoms with Crippen LogP contribution in [0.15, 0.2) is 96.8 Å². The molecule has 0 unspecified atom stereocenters. The van der Waals surface area contributed by atoms with Crippen molar-refractivity contribution < 1.29 is 42.6 Å². The van der Waals surface area contributed by atoms with Crippen molar-refractivity contribution in [2.75, 3.05) is 0 Å². The van der Waals surface area contributed by atoms with Gasteiger partial charge >= 0.3 is 31.6 Å². The van der Waals surface area contributed by atoms with Gasteiger partial charge in [-0.15, -0.1) is 11.3 Å². The molecule has 0 radical (unpaired) electrons. The third-order valence-electron chi connectivity index (χ3n) is 7.11. The van der Waals surface area contributed by atoms with Crippen LogP contribution < -0.4 is 5.10 Å². The minimum atomic E-state index is -4.50. The molecule has 0 saturated carbocycles. The van der Waals surface area contributed by atoms with Crippen LogP contribution in [-0.2, 0) is 32.1 Å². The second-order valence-electron chi connectivity index (χ2n) is 10.6. The zero-order chi connectivity index (χ0) is 35.9. The Morgan fingerprint density at radius 3 is 2.24 bits per heavy atom. The van der Waals surface area contributed by atoms with E-state index in [-0.39, 0.29) is 30.7 Å². The molecule has 0 spiro atoms. The number of aromatic carboxylic acids is 1. The Labute approximate surface area is 314 Å². The first-order valence-corrected chi connectivity index (χ1v) is 16.6. The molecule has 6 aromatic heterocycles. The van der Waals surface area contributed by atoms with Crippen molar-refractivity contribution in [3.63, 3.8) is 0 Å². The van der Waals surface area contributed by atoms with E-state index >= 15 is 0 Å². The number of carboxylic acid groups (broad SMARTS) is 1. The monoisotopic (exact) mass is 815 g/mol. The van der Waals surface area contributed by atoms with E-state index in [0.29, 0.717) is 17.1 Å². The molecular formula is C36H30F3N7O2RuS2. The first kappa shape index (κ1) is 40.6. The Hall–Kier alpha value is -4.81. The fraction of sp³-hybridized carbons (Fsp3) is 0.194. The van der Waals surface area contributed by atoms with Gasteiger partial charge in [-0.05, 0) is 90.0 Å². The van der Waals surface area contributed by atoms with E-state index < -0.39 is 17.8 Å². The van der Waals surface area contributed by atoms with Crippen molar-refractivity contribution in [2.45, 2.75) is 45.2 Å². The van der Waals surface area contributed by atoms with Crippen LogP contribution in [0.5, 0.6) is 0 Å². The number of alkyl halides is 3. The number of halogens is 3. The van der Waals surface area contributed by atoms with Crippen LogP contribution in [-0.4, -0.2) is 41.3 Å². The summed E-state index contributed by atoms with van der Waals surface area (Å²) in [6.07, 6.45) is 6.05. The van der Waals surface area contributed by atoms with E-state index in [1.54, 1.807) is 35.9 Å². The Balaban J connectivity index is 0.000000256. The Morgan fingerprint density at radius 1 is 0.882 bits per heavy atom. The third kappa shape index (κ3) is 11.9. The van der Waals surface area contributed by atoms with Crippen LogP contribution in [0.4, 0.5) is 13.2 Å². The van der Waals surface area contributed by atoms with E-state index in [9.17, 15) is 18.0 Å². The van der Waals surface area contributed by atoms with E-state index in [0.717, 1.165) is 40.7 Å². The maximum Gasteiger partial charge on any atom is 2.00 e. The van der Waals surface area contributed by atoms with Gasteiger partial charge in [-0.1, -0.05) is 56.2 Å². The minimum absolute atomic E-state index is 0. The molecule has 0 atom stereocenters. The predicted molar refractivity (Wildman–Crippen MR) is 191 cm³/mol. The number of thiocarbonyl (C=S) groups is 1. The number of carboxylic acids is 1. The topological polar surface area (TPSA) is 138 Å². The molecule has 1 N–H and O–H groups in total. The molecule has 9 nitrogen and oxygen atoms in total. The van der Waals surface area contributed by atoms with E-state index in [1.807, 2.05) is 36.4 Å². The Bertz CT molecular complexity index is 2030. The number of rotatable bonds is 10. The van der Waals surface area contributed by atoms with Gasteiger partial charge in [-0.2, -0.15) is 18.3 Å². The maximum absolute atomic E-state index is 12.7. The number of aryl methyl sites for hydroxylation is 1. The van der Waals surface area contributed by atoms with Crippen LogP contribution in [0, 0.1) is 0 Å². The summed E-state index contributed by atoms with van der Waals surface area (Å²) in [6, 6.07) is 20.8. The van der Waals surface area contributed by atoms with E-state index in [2.05, 4.69) is 60.7 Å².